The van der Waals surface area contributed by atoms with Crippen molar-refractivity contribution in [1.29, 1.82) is 0 Å². The van der Waals surface area contributed by atoms with E-state index >= 15 is 0 Å². The highest BCUT2D eigenvalue weighted by Crippen LogP contribution is 2.41. The van der Waals surface area contributed by atoms with Crippen molar-refractivity contribution in [3.8, 4) is 5.75 Å². The monoisotopic (exact) mass is 193 g/mol. The van der Waals surface area contributed by atoms with E-state index in [4.69, 9.17) is 10.5 Å². The molecule has 0 aliphatic heterocycles. The fourth-order valence-electron chi connectivity index (χ4n) is 1.96. The van der Waals surface area contributed by atoms with Crippen LogP contribution < -0.4 is 10.5 Å². The molecule has 0 heterocycles. The lowest BCUT2D eigenvalue weighted by molar-refractivity contribution is -0.0524. The van der Waals surface area contributed by atoms with E-state index in [-0.39, 0.29) is 6.04 Å². The fraction of sp³-hybridized carbons (Fsp3) is 0.455. The molecule has 3 nitrogen and oxygen atoms in total. The second kappa shape index (κ2) is 3.26. The molecule has 1 aromatic carbocycles. The minimum Gasteiger partial charge on any atom is -0.497 e. The van der Waals surface area contributed by atoms with Gasteiger partial charge in [-0.25, -0.2) is 0 Å². The number of aliphatic hydroxyl groups is 1. The van der Waals surface area contributed by atoms with Crippen molar-refractivity contribution in [1.82, 2.24) is 0 Å². The summed E-state index contributed by atoms with van der Waals surface area (Å²) in [5.41, 5.74) is 5.84. The molecule has 0 unspecified atom stereocenters. The van der Waals surface area contributed by atoms with Crippen LogP contribution in [0.3, 0.4) is 0 Å². The van der Waals surface area contributed by atoms with Crippen molar-refractivity contribution in [2.45, 2.75) is 24.5 Å². The Labute approximate surface area is 83.5 Å². The van der Waals surface area contributed by atoms with Crippen LogP contribution >= 0.6 is 0 Å². The Hall–Kier alpha value is -1.06. The third-order valence-corrected chi connectivity index (χ3v) is 2.81. The summed E-state index contributed by atoms with van der Waals surface area (Å²) in [7, 11) is 1.62. The fourth-order valence-corrected chi connectivity index (χ4v) is 1.96. The third-order valence-electron chi connectivity index (χ3n) is 2.81. The predicted molar refractivity (Wildman–Crippen MR) is 54.1 cm³/mol. The van der Waals surface area contributed by atoms with Crippen molar-refractivity contribution in [2.24, 2.45) is 5.73 Å². The van der Waals surface area contributed by atoms with Crippen LogP contribution in [0.15, 0.2) is 24.3 Å². The summed E-state index contributed by atoms with van der Waals surface area (Å²) < 4.78 is 5.10. The maximum absolute atomic E-state index is 10.1. The molecule has 3 N–H and O–H groups in total. The van der Waals surface area contributed by atoms with Crippen LogP contribution in [0.5, 0.6) is 5.75 Å². The summed E-state index contributed by atoms with van der Waals surface area (Å²) in [4.78, 5) is 0. The first kappa shape index (κ1) is 9.49. The first-order valence-electron chi connectivity index (χ1n) is 4.76. The first-order chi connectivity index (χ1) is 6.64. The maximum atomic E-state index is 10.1. The summed E-state index contributed by atoms with van der Waals surface area (Å²) in [5, 5.41) is 10.1. The third kappa shape index (κ3) is 1.49. The number of rotatable bonds is 2. The second-order valence-corrected chi connectivity index (χ2v) is 3.93. The van der Waals surface area contributed by atoms with Crippen LogP contribution in [0.4, 0.5) is 0 Å². The minimum absolute atomic E-state index is 0.131. The van der Waals surface area contributed by atoms with Crippen LogP contribution in [0, 0.1) is 0 Å². The number of methoxy groups -OCH3 is 1. The van der Waals surface area contributed by atoms with E-state index < -0.39 is 5.60 Å². The van der Waals surface area contributed by atoms with Gasteiger partial charge >= 0.3 is 0 Å². The van der Waals surface area contributed by atoms with E-state index in [1.54, 1.807) is 7.11 Å². The molecule has 0 spiro atoms. The number of benzene rings is 1. The van der Waals surface area contributed by atoms with Crippen molar-refractivity contribution in [3.05, 3.63) is 29.8 Å². The highest BCUT2D eigenvalue weighted by molar-refractivity contribution is 5.34. The van der Waals surface area contributed by atoms with E-state index in [0.29, 0.717) is 12.8 Å². The molecule has 0 amide bonds. The zero-order valence-corrected chi connectivity index (χ0v) is 8.23. The highest BCUT2D eigenvalue weighted by Gasteiger charge is 2.42. The van der Waals surface area contributed by atoms with Crippen LogP contribution in [-0.4, -0.2) is 18.3 Å². The van der Waals surface area contributed by atoms with Crippen LogP contribution in [0.1, 0.15) is 18.4 Å². The number of ether oxygens (including phenoxy) is 1. The van der Waals surface area contributed by atoms with Gasteiger partial charge in [0.1, 0.15) is 5.75 Å². The number of hydrogen-bond donors (Lipinski definition) is 2. The van der Waals surface area contributed by atoms with Crippen molar-refractivity contribution >= 4 is 0 Å². The average Bonchev–Trinajstić information content (AvgIpc) is 2.16. The van der Waals surface area contributed by atoms with Gasteiger partial charge in [-0.1, -0.05) is 12.1 Å². The molecule has 0 bridgehead atoms. The lowest BCUT2D eigenvalue weighted by Crippen LogP contribution is -2.49. The Kier molecular flexibility index (Phi) is 2.21. The summed E-state index contributed by atoms with van der Waals surface area (Å²) in [5.74, 6) is 0.774. The van der Waals surface area contributed by atoms with Crippen molar-refractivity contribution < 1.29 is 9.84 Å². The molecule has 1 aliphatic carbocycles. The van der Waals surface area contributed by atoms with Gasteiger partial charge in [-0.3, -0.25) is 0 Å². The van der Waals surface area contributed by atoms with Gasteiger partial charge in [-0.15, -0.1) is 0 Å². The number of nitrogens with two attached hydrogens (primary N) is 1. The molecule has 1 saturated carbocycles. The molecular formula is C11H15NO2. The minimum atomic E-state index is -0.728. The molecule has 0 atom stereocenters. The Morgan fingerprint density at radius 2 is 2.21 bits per heavy atom. The molecule has 0 saturated heterocycles. The lowest BCUT2D eigenvalue weighted by Gasteiger charge is -2.42. The van der Waals surface area contributed by atoms with Crippen molar-refractivity contribution in [3.63, 3.8) is 0 Å². The predicted octanol–water partition coefficient (Wildman–Crippen LogP) is 1.00. The highest BCUT2D eigenvalue weighted by atomic mass is 16.5. The molecule has 14 heavy (non-hydrogen) atoms. The zero-order chi connectivity index (χ0) is 10.2. The van der Waals surface area contributed by atoms with Gasteiger partial charge in [0.15, 0.2) is 0 Å². The molecule has 0 aromatic heterocycles. The average molecular weight is 193 g/mol. The molecule has 1 aliphatic rings. The summed E-state index contributed by atoms with van der Waals surface area (Å²) in [6.07, 6.45) is 1.28. The van der Waals surface area contributed by atoms with Gasteiger partial charge in [0.25, 0.3) is 0 Å². The molecule has 76 valence electrons. The maximum Gasteiger partial charge on any atom is 0.119 e. The summed E-state index contributed by atoms with van der Waals surface area (Å²) >= 11 is 0. The van der Waals surface area contributed by atoms with Crippen LogP contribution in [0.2, 0.25) is 0 Å². The standard InChI is InChI=1S/C11H15NO2/c1-14-10-4-2-3-8(5-10)11(13)6-9(12)7-11/h2-5,9,13H,6-7,12H2,1H3. The molecular weight excluding hydrogens is 178 g/mol. The van der Waals surface area contributed by atoms with Gasteiger partial charge < -0.3 is 15.6 Å². The topological polar surface area (TPSA) is 55.5 Å². The second-order valence-electron chi connectivity index (χ2n) is 3.93. The Bertz CT molecular complexity index is 332. The zero-order valence-electron chi connectivity index (χ0n) is 8.23. The van der Waals surface area contributed by atoms with E-state index in [9.17, 15) is 5.11 Å². The van der Waals surface area contributed by atoms with E-state index in [0.717, 1.165) is 11.3 Å². The SMILES string of the molecule is COc1cccc(C2(O)CC(N)C2)c1. The van der Waals surface area contributed by atoms with E-state index in [1.807, 2.05) is 24.3 Å². The van der Waals surface area contributed by atoms with E-state index in [2.05, 4.69) is 0 Å². The normalized spacial score (nSPS) is 30.9. The van der Waals surface area contributed by atoms with Gasteiger partial charge in [-0.05, 0) is 30.5 Å². The van der Waals surface area contributed by atoms with Crippen LogP contribution in [-0.2, 0) is 5.60 Å². The summed E-state index contributed by atoms with van der Waals surface area (Å²) in [6.45, 7) is 0. The quantitative estimate of drug-likeness (QED) is 0.736. The lowest BCUT2D eigenvalue weighted by atomic mass is 9.72. The molecule has 0 radical (unpaired) electrons. The molecule has 1 aromatic rings. The first-order valence-corrected chi connectivity index (χ1v) is 4.76. The van der Waals surface area contributed by atoms with Crippen LogP contribution in [0.25, 0.3) is 0 Å². The van der Waals surface area contributed by atoms with Crippen molar-refractivity contribution in [2.75, 3.05) is 7.11 Å². The van der Waals surface area contributed by atoms with E-state index in [1.165, 1.54) is 0 Å². The molecule has 3 heteroatoms. The smallest absolute Gasteiger partial charge is 0.119 e. The number of hydrogen-bond acceptors (Lipinski definition) is 3. The Morgan fingerprint density at radius 1 is 1.50 bits per heavy atom. The van der Waals surface area contributed by atoms with Gasteiger partial charge in [-0.2, -0.15) is 0 Å². The largest absolute Gasteiger partial charge is 0.497 e. The Morgan fingerprint density at radius 3 is 2.79 bits per heavy atom. The van der Waals surface area contributed by atoms with Gasteiger partial charge in [0.05, 0.1) is 12.7 Å². The Balaban J connectivity index is 2.24. The molecule has 2 rings (SSSR count). The summed E-state index contributed by atoms with van der Waals surface area (Å²) in [6, 6.07) is 7.66. The van der Waals surface area contributed by atoms with Gasteiger partial charge in [0, 0.05) is 6.04 Å². The molecule has 1 fully saturated rings. The van der Waals surface area contributed by atoms with Gasteiger partial charge in [0.2, 0.25) is 0 Å².